The Labute approximate surface area is 183 Å². The molecule has 160 valence electrons. The Balaban J connectivity index is 1.58. The van der Waals surface area contributed by atoms with Crippen molar-refractivity contribution in [3.8, 4) is 6.07 Å². The summed E-state index contributed by atoms with van der Waals surface area (Å²) >= 11 is 0. The van der Waals surface area contributed by atoms with Gasteiger partial charge in [-0.2, -0.15) is 5.26 Å². The van der Waals surface area contributed by atoms with Crippen LogP contribution in [0.4, 0.5) is 5.69 Å². The third-order valence-corrected chi connectivity index (χ3v) is 6.09. The summed E-state index contributed by atoms with van der Waals surface area (Å²) in [7, 11) is 0. The molecule has 1 N–H and O–H groups in total. The molecule has 3 aromatic rings. The normalized spacial score (nSPS) is 14.2. The molecule has 0 unspecified atom stereocenters. The molecule has 4 rings (SSSR count). The molecule has 1 aromatic carbocycles. The number of nitriles is 1. The van der Waals surface area contributed by atoms with Gasteiger partial charge >= 0.3 is 0 Å². The van der Waals surface area contributed by atoms with Crippen LogP contribution in [0.1, 0.15) is 55.4 Å². The summed E-state index contributed by atoms with van der Waals surface area (Å²) < 4.78 is 4.51. The third kappa shape index (κ3) is 4.13. The van der Waals surface area contributed by atoms with Crippen LogP contribution in [0.3, 0.4) is 0 Å². The fraction of sp³-hybridized carbons (Fsp3) is 0.400. The lowest BCUT2D eigenvalue weighted by atomic mass is 10.1. The number of hydrogen-bond acceptors (Lipinski definition) is 3. The van der Waals surface area contributed by atoms with Crippen molar-refractivity contribution < 1.29 is 4.79 Å². The molecular weight excluding hydrogens is 386 g/mol. The van der Waals surface area contributed by atoms with Crippen molar-refractivity contribution >= 4 is 28.7 Å². The van der Waals surface area contributed by atoms with E-state index in [1.165, 1.54) is 19.3 Å². The lowest BCUT2D eigenvalue weighted by molar-refractivity contribution is -0.112. The molecule has 2 aromatic heterocycles. The Kier molecular flexibility index (Phi) is 5.94. The maximum Gasteiger partial charge on any atom is 0.266 e. The van der Waals surface area contributed by atoms with E-state index >= 15 is 0 Å². The van der Waals surface area contributed by atoms with Gasteiger partial charge in [-0.15, -0.1) is 0 Å². The minimum absolute atomic E-state index is 0.0949. The second-order valence-electron chi connectivity index (χ2n) is 8.30. The first-order chi connectivity index (χ1) is 15.0. The molecule has 31 heavy (non-hydrogen) atoms. The number of carbonyl (C=O) groups is 1. The second kappa shape index (κ2) is 8.81. The average Bonchev–Trinajstić information content (AvgIpc) is 3.11. The van der Waals surface area contributed by atoms with Gasteiger partial charge in [-0.25, -0.2) is 4.98 Å². The van der Waals surface area contributed by atoms with Crippen LogP contribution in [0.5, 0.6) is 0 Å². The predicted octanol–water partition coefficient (Wildman–Crippen LogP) is 5.14. The zero-order chi connectivity index (χ0) is 22.0. The first-order valence-corrected chi connectivity index (χ1v) is 11.1. The Hall–Kier alpha value is -3.33. The van der Waals surface area contributed by atoms with Gasteiger partial charge in [-0.1, -0.05) is 13.3 Å². The van der Waals surface area contributed by atoms with Crippen LogP contribution in [0.25, 0.3) is 17.1 Å². The molecule has 0 saturated heterocycles. The van der Waals surface area contributed by atoms with Gasteiger partial charge in [-0.3, -0.25) is 4.79 Å². The average molecular weight is 416 g/mol. The lowest BCUT2D eigenvalue weighted by Gasteiger charge is -2.07. The van der Waals surface area contributed by atoms with Gasteiger partial charge in [0.05, 0.1) is 11.0 Å². The van der Waals surface area contributed by atoms with E-state index in [0.29, 0.717) is 5.69 Å². The number of fused-ring (bicyclic) bond motifs is 3. The maximum absolute atomic E-state index is 12.8. The highest BCUT2D eigenvalue weighted by atomic mass is 16.1. The van der Waals surface area contributed by atoms with E-state index in [1.807, 2.05) is 38.1 Å². The predicted molar refractivity (Wildman–Crippen MR) is 124 cm³/mol. The number of hydrogen-bond donors (Lipinski definition) is 1. The van der Waals surface area contributed by atoms with Crippen molar-refractivity contribution in [2.75, 3.05) is 5.32 Å². The maximum atomic E-state index is 12.8. The summed E-state index contributed by atoms with van der Waals surface area (Å²) in [5.41, 5.74) is 5.86. The number of rotatable bonds is 5. The Morgan fingerprint density at radius 2 is 2.10 bits per heavy atom. The largest absolute Gasteiger partial charge is 0.349 e. The highest BCUT2D eigenvalue weighted by Crippen LogP contribution is 2.25. The van der Waals surface area contributed by atoms with Gasteiger partial charge < -0.3 is 14.5 Å². The van der Waals surface area contributed by atoms with Crippen molar-refractivity contribution in [3.05, 3.63) is 52.6 Å². The van der Waals surface area contributed by atoms with Gasteiger partial charge in [0.25, 0.3) is 5.91 Å². The van der Waals surface area contributed by atoms with Crippen molar-refractivity contribution in [1.29, 1.82) is 5.26 Å². The molecule has 6 nitrogen and oxygen atoms in total. The van der Waals surface area contributed by atoms with Crippen molar-refractivity contribution in [2.45, 2.75) is 66.0 Å². The molecule has 0 radical (unpaired) electrons. The van der Waals surface area contributed by atoms with E-state index in [9.17, 15) is 10.1 Å². The smallest absolute Gasteiger partial charge is 0.266 e. The molecule has 0 spiro atoms. The number of nitrogens with one attached hydrogen (secondary N) is 1. The van der Waals surface area contributed by atoms with E-state index in [2.05, 4.69) is 27.4 Å². The van der Waals surface area contributed by atoms with Crippen molar-refractivity contribution in [3.63, 3.8) is 0 Å². The number of benzene rings is 1. The van der Waals surface area contributed by atoms with Gasteiger partial charge in [0.1, 0.15) is 17.5 Å². The Morgan fingerprint density at radius 1 is 1.26 bits per heavy atom. The van der Waals surface area contributed by atoms with Gasteiger partial charge in [0, 0.05) is 36.6 Å². The summed E-state index contributed by atoms with van der Waals surface area (Å²) in [6.45, 7) is 8.13. The fourth-order valence-electron chi connectivity index (χ4n) is 4.47. The summed E-state index contributed by atoms with van der Waals surface area (Å²) in [4.78, 5) is 17.6. The minimum atomic E-state index is -0.400. The molecule has 3 heterocycles. The number of amides is 1. The molecule has 1 aliphatic rings. The van der Waals surface area contributed by atoms with Gasteiger partial charge in [0.2, 0.25) is 0 Å². The molecule has 0 fully saturated rings. The molecule has 0 bridgehead atoms. The van der Waals surface area contributed by atoms with E-state index in [4.69, 9.17) is 4.98 Å². The number of anilines is 1. The Morgan fingerprint density at radius 3 is 2.87 bits per heavy atom. The monoisotopic (exact) mass is 415 g/mol. The number of aromatic nitrogens is 3. The standard InChI is InChI=1S/C25H29N5O/c1-4-11-29-17(2)13-19(18(29)3)14-20(16-26)25(31)27-21-9-10-23-22(15-21)28-24-8-6-5-7-12-30(23)24/h9-10,13-15H,4-8,11-12H2,1-3H3,(H,27,31)/b20-14-. The number of aryl methyl sites for hydroxylation is 3. The SMILES string of the molecule is CCCn1c(C)cc(/C=C(/C#N)C(=O)Nc2ccc3c(c2)nc2n3CCCCC2)c1C. The number of imidazole rings is 1. The summed E-state index contributed by atoms with van der Waals surface area (Å²) in [5.74, 6) is 0.721. The Bertz CT molecular complexity index is 1200. The summed E-state index contributed by atoms with van der Waals surface area (Å²) in [6.07, 6.45) is 7.29. The first kappa shape index (κ1) is 20.9. The van der Waals surface area contributed by atoms with Crippen LogP contribution < -0.4 is 5.32 Å². The summed E-state index contributed by atoms with van der Waals surface area (Å²) in [5, 5.41) is 12.5. The van der Waals surface area contributed by atoms with E-state index in [1.54, 1.807) is 6.08 Å². The topological polar surface area (TPSA) is 75.6 Å². The molecule has 1 amide bonds. The van der Waals surface area contributed by atoms with Crippen LogP contribution in [-0.4, -0.2) is 20.0 Å². The highest BCUT2D eigenvalue weighted by Gasteiger charge is 2.16. The van der Waals surface area contributed by atoms with E-state index in [-0.39, 0.29) is 5.57 Å². The molecule has 0 aliphatic carbocycles. The fourth-order valence-corrected chi connectivity index (χ4v) is 4.47. The zero-order valence-corrected chi connectivity index (χ0v) is 18.5. The van der Waals surface area contributed by atoms with E-state index in [0.717, 1.165) is 59.7 Å². The lowest BCUT2D eigenvalue weighted by Crippen LogP contribution is -2.13. The number of nitrogens with zero attached hydrogens (tertiary/aromatic N) is 4. The van der Waals surface area contributed by atoms with Crippen molar-refractivity contribution in [1.82, 2.24) is 14.1 Å². The molecular formula is C25H29N5O. The third-order valence-electron chi connectivity index (χ3n) is 6.09. The second-order valence-corrected chi connectivity index (χ2v) is 8.30. The van der Waals surface area contributed by atoms with Gasteiger partial charge in [0.15, 0.2) is 0 Å². The molecule has 0 atom stereocenters. The minimum Gasteiger partial charge on any atom is -0.349 e. The van der Waals surface area contributed by atoms with Gasteiger partial charge in [-0.05, 0) is 69.0 Å². The first-order valence-electron chi connectivity index (χ1n) is 11.1. The highest BCUT2D eigenvalue weighted by molar-refractivity contribution is 6.10. The molecule has 6 heteroatoms. The zero-order valence-electron chi connectivity index (χ0n) is 18.5. The number of carbonyl (C=O) groups excluding carboxylic acids is 1. The molecule has 1 aliphatic heterocycles. The summed E-state index contributed by atoms with van der Waals surface area (Å²) in [6, 6.07) is 9.90. The van der Waals surface area contributed by atoms with Crippen molar-refractivity contribution in [2.24, 2.45) is 0 Å². The van der Waals surface area contributed by atoms with Crippen LogP contribution in [0.15, 0.2) is 29.8 Å². The molecule has 0 saturated carbocycles. The van der Waals surface area contributed by atoms with Crippen LogP contribution in [0, 0.1) is 25.2 Å². The van der Waals surface area contributed by atoms with Crippen LogP contribution >= 0.6 is 0 Å². The quantitative estimate of drug-likeness (QED) is 0.463. The van der Waals surface area contributed by atoms with Crippen LogP contribution in [0.2, 0.25) is 0 Å². The van der Waals surface area contributed by atoms with E-state index < -0.39 is 5.91 Å². The van der Waals surface area contributed by atoms with Crippen LogP contribution in [-0.2, 0) is 24.3 Å².